The predicted octanol–water partition coefficient (Wildman–Crippen LogP) is 2.18. The lowest BCUT2D eigenvalue weighted by Gasteiger charge is -2.27. The first-order valence-electron chi connectivity index (χ1n) is 4.25. The highest BCUT2D eigenvalue weighted by Gasteiger charge is 2.16. The summed E-state index contributed by atoms with van der Waals surface area (Å²) in [6.07, 6.45) is 7.62. The second-order valence-electron chi connectivity index (χ2n) is 3.67. The van der Waals surface area contributed by atoms with Crippen LogP contribution in [0.2, 0.25) is 0 Å². The van der Waals surface area contributed by atoms with E-state index in [0.717, 1.165) is 0 Å². The average Bonchev–Trinajstić information content (AvgIpc) is 1.86. The fourth-order valence-corrected chi connectivity index (χ4v) is 1.32. The Morgan fingerprint density at radius 3 is 2.45 bits per heavy atom. The second-order valence-corrected chi connectivity index (χ2v) is 3.67. The molecule has 0 fully saturated rings. The predicted molar refractivity (Wildman–Crippen MR) is 50.4 cm³/mol. The lowest BCUT2D eigenvalue weighted by molar-refractivity contribution is 0.346. The smallest absolute Gasteiger partial charge is 0.0662 e. The number of hydrogen-bond acceptors (Lipinski definition) is 1. The summed E-state index contributed by atoms with van der Waals surface area (Å²) in [5.74, 6) is 2.67. The van der Waals surface area contributed by atoms with E-state index in [0.29, 0.717) is 0 Å². The molecule has 0 aliphatic rings. The molecule has 0 aliphatic heterocycles. The highest BCUT2D eigenvalue weighted by atomic mass is 15.0. The van der Waals surface area contributed by atoms with Gasteiger partial charge in [0.05, 0.1) is 6.04 Å². The van der Waals surface area contributed by atoms with Crippen molar-refractivity contribution in [2.45, 2.75) is 52.1 Å². The molecule has 0 saturated heterocycles. The van der Waals surface area contributed by atoms with Crippen molar-refractivity contribution >= 4 is 0 Å². The first-order valence-corrected chi connectivity index (χ1v) is 4.25. The fourth-order valence-electron chi connectivity index (χ4n) is 1.32. The molecule has 1 unspecified atom stereocenters. The zero-order valence-electron chi connectivity index (χ0n) is 8.07. The highest BCUT2D eigenvalue weighted by Crippen LogP contribution is 2.11. The van der Waals surface area contributed by atoms with Gasteiger partial charge in [-0.05, 0) is 27.2 Å². The minimum Gasteiger partial charge on any atom is -0.299 e. The van der Waals surface area contributed by atoms with Crippen molar-refractivity contribution in [2.24, 2.45) is 0 Å². The summed E-state index contributed by atoms with van der Waals surface area (Å²) in [6.45, 7) is 8.57. The topological polar surface area (TPSA) is 12.0 Å². The lowest BCUT2D eigenvalue weighted by atomic mass is 9.98. The molecule has 0 aliphatic carbocycles. The van der Waals surface area contributed by atoms with Gasteiger partial charge in [0, 0.05) is 5.54 Å². The van der Waals surface area contributed by atoms with Gasteiger partial charge in [0.15, 0.2) is 0 Å². The molecular formula is C10H19N. The van der Waals surface area contributed by atoms with Crippen molar-refractivity contribution in [1.29, 1.82) is 0 Å². The summed E-state index contributed by atoms with van der Waals surface area (Å²) < 4.78 is 0. The molecule has 0 bridgehead atoms. The molecule has 11 heavy (non-hydrogen) atoms. The van der Waals surface area contributed by atoms with E-state index in [2.05, 4.69) is 32.0 Å². The Bertz CT molecular complexity index is 141. The fraction of sp³-hybridized carbons (Fsp3) is 0.800. The van der Waals surface area contributed by atoms with E-state index in [9.17, 15) is 0 Å². The van der Waals surface area contributed by atoms with Crippen molar-refractivity contribution in [1.82, 2.24) is 5.32 Å². The van der Waals surface area contributed by atoms with E-state index in [-0.39, 0.29) is 11.6 Å². The molecule has 0 heterocycles. The molecule has 64 valence electrons. The van der Waals surface area contributed by atoms with Gasteiger partial charge in [-0.3, -0.25) is 5.32 Å². The second kappa shape index (κ2) is 4.41. The highest BCUT2D eigenvalue weighted by molar-refractivity contribution is 4.98. The van der Waals surface area contributed by atoms with E-state index in [1.807, 2.05) is 6.92 Å². The Morgan fingerprint density at radius 2 is 2.09 bits per heavy atom. The third kappa shape index (κ3) is 4.86. The number of rotatable bonds is 4. The zero-order chi connectivity index (χ0) is 8.91. The molecule has 0 amide bonds. The van der Waals surface area contributed by atoms with E-state index in [4.69, 9.17) is 6.42 Å². The van der Waals surface area contributed by atoms with E-state index in [1.54, 1.807) is 0 Å². The van der Waals surface area contributed by atoms with Crippen LogP contribution >= 0.6 is 0 Å². The Morgan fingerprint density at radius 1 is 1.55 bits per heavy atom. The third-order valence-corrected chi connectivity index (χ3v) is 1.73. The lowest BCUT2D eigenvalue weighted by Crippen LogP contribution is -2.43. The normalized spacial score (nSPS) is 14.1. The Hall–Kier alpha value is -0.480. The largest absolute Gasteiger partial charge is 0.299 e. The summed E-state index contributed by atoms with van der Waals surface area (Å²) in [6, 6.07) is 0.177. The van der Waals surface area contributed by atoms with Gasteiger partial charge in [0.2, 0.25) is 0 Å². The van der Waals surface area contributed by atoms with Crippen LogP contribution in [0.3, 0.4) is 0 Å². The van der Waals surface area contributed by atoms with Crippen LogP contribution in [0, 0.1) is 12.3 Å². The van der Waals surface area contributed by atoms with Crippen molar-refractivity contribution in [2.75, 3.05) is 0 Å². The summed E-state index contributed by atoms with van der Waals surface area (Å²) in [5.41, 5.74) is 0.181. The van der Waals surface area contributed by atoms with Crippen LogP contribution in [0.1, 0.15) is 40.5 Å². The van der Waals surface area contributed by atoms with Crippen LogP contribution in [0.25, 0.3) is 0 Å². The van der Waals surface area contributed by atoms with Gasteiger partial charge >= 0.3 is 0 Å². The third-order valence-electron chi connectivity index (χ3n) is 1.73. The Labute approximate surface area is 70.6 Å². The summed E-state index contributed by atoms with van der Waals surface area (Å²) in [4.78, 5) is 0. The Balaban J connectivity index is 3.82. The molecule has 0 aromatic rings. The number of nitrogens with one attached hydrogen (secondary N) is 1. The van der Waals surface area contributed by atoms with Gasteiger partial charge in [-0.2, -0.15) is 0 Å². The van der Waals surface area contributed by atoms with Crippen molar-refractivity contribution < 1.29 is 0 Å². The molecule has 0 spiro atoms. The van der Waals surface area contributed by atoms with Gasteiger partial charge in [-0.15, -0.1) is 6.42 Å². The SMILES string of the molecule is C#CC(C)NC(C)(C)CCC. The minimum atomic E-state index is 0.177. The standard InChI is InChI=1S/C10H19N/c1-6-8-10(4,5)11-9(3)7-2/h2,9,11H,6,8H2,1,3-5H3. The van der Waals surface area contributed by atoms with E-state index < -0.39 is 0 Å². The maximum absolute atomic E-state index is 5.26. The molecule has 0 aromatic carbocycles. The molecular weight excluding hydrogens is 134 g/mol. The van der Waals surface area contributed by atoms with Gasteiger partial charge in [-0.25, -0.2) is 0 Å². The van der Waals surface area contributed by atoms with E-state index >= 15 is 0 Å². The molecule has 1 atom stereocenters. The van der Waals surface area contributed by atoms with Crippen LogP contribution in [-0.2, 0) is 0 Å². The van der Waals surface area contributed by atoms with Crippen molar-refractivity contribution in [3.63, 3.8) is 0 Å². The van der Waals surface area contributed by atoms with Gasteiger partial charge < -0.3 is 0 Å². The Kier molecular flexibility index (Phi) is 4.22. The molecule has 1 N–H and O–H groups in total. The van der Waals surface area contributed by atoms with Crippen LogP contribution < -0.4 is 5.32 Å². The molecule has 0 rings (SSSR count). The summed E-state index contributed by atoms with van der Waals surface area (Å²) >= 11 is 0. The van der Waals surface area contributed by atoms with Crippen LogP contribution in [0.15, 0.2) is 0 Å². The maximum atomic E-state index is 5.26. The van der Waals surface area contributed by atoms with Crippen LogP contribution in [0.5, 0.6) is 0 Å². The molecule has 1 nitrogen and oxygen atoms in total. The average molecular weight is 153 g/mol. The minimum absolute atomic E-state index is 0.177. The summed E-state index contributed by atoms with van der Waals surface area (Å²) in [5, 5.41) is 3.37. The van der Waals surface area contributed by atoms with Crippen LogP contribution in [0.4, 0.5) is 0 Å². The van der Waals surface area contributed by atoms with Gasteiger partial charge in [0.25, 0.3) is 0 Å². The molecule has 1 heteroatoms. The zero-order valence-corrected chi connectivity index (χ0v) is 8.07. The first kappa shape index (κ1) is 10.5. The summed E-state index contributed by atoms with van der Waals surface area (Å²) in [7, 11) is 0. The van der Waals surface area contributed by atoms with Crippen LogP contribution in [-0.4, -0.2) is 11.6 Å². The number of terminal acetylenes is 1. The molecule has 0 aromatic heterocycles. The maximum Gasteiger partial charge on any atom is 0.0662 e. The van der Waals surface area contributed by atoms with E-state index in [1.165, 1.54) is 12.8 Å². The molecule has 0 saturated carbocycles. The molecule has 0 radical (unpaired) electrons. The monoisotopic (exact) mass is 153 g/mol. The van der Waals surface area contributed by atoms with Crippen molar-refractivity contribution in [3.8, 4) is 12.3 Å². The quantitative estimate of drug-likeness (QED) is 0.610. The van der Waals surface area contributed by atoms with Gasteiger partial charge in [0.1, 0.15) is 0 Å². The number of hydrogen-bond donors (Lipinski definition) is 1. The first-order chi connectivity index (χ1) is 5.02. The van der Waals surface area contributed by atoms with Crippen molar-refractivity contribution in [3.05, 3.63) is 0 Å². The van der Waals surface area contributed by atoms with Gasteiger partial charge in [-0.1, -0.05) is 19.3 Å².